The summed E-state index contributed by atoms with van der Waals surface area (Å²) < 4.78 is 40.8. The molecule has 3 aliphatic rings. The summed E-state index contributed by atoms with van der Waals surface area (Å²) in [7, 11) is 0. The largest absolute Gasteiger partial charge is 0.465 e. The first-order valence-corrected chi connectivity index (χ1v) is 14.8. The molecular weight excluding hydrogens is 624 g/mol. The van der Waals surface area contributed by atoms with E-state index in [1.165, 1.54) is 38.1 Å². The number of hydrogen-bond acceptors (Lipinski definition) is 15. The monoisotopic (exact) mass is 662 g/mol. The highest BCUT2D eigenvalue weighted by molar-refractivity contribution is 5.94. The molecule has 1 heterocycles. The molecule has 0 amide bonds. The third-order valence-corrected chi connectivity index (χ3v) is 8.94. The van der Waals surface area contributed by atoms with Gasteiger partial charge in [-0.15, -0.1) is 0 Å². The van der Waals surface area contributed by atoms with Crippen LogP contribution in [0.2, 0.25) is 0 Å². The van der Waals surface area contributed by atoms with Crippen molar-refractivity contribution >= 4 is 41.6 Å². The normalized spacial score (nSPS) is 35.0. The lowest BCUT2D eigenvalue weighted by atomic mass is 9.45. The van der Waals surface area contributed by atoms with Gasteiger partial charge in [-0.1, -0.05) is 18.2 Å². The zero-order valence-corrected chi connectivity index (χ0v) is 27.2. The molecule has 1 aromatic carbocycles. The van der Waals surface area contributed by atoms with Gasteiger partial charge in [0.25, 0.3) is 0 Å². The Hall–Kier alpha value is -4.37. The summed E-state index contributed by atoms with van der Waals surface area (Å²) in [5.74, 6) is -8.26. The Bertz CT molecular complexity index is 1480. The predicted molar refractivity (Wildman–Crippen MR) is 154 cm³/mol. The van der Waals surface area contributed by atoms with Crippen molar-refractivity contribution in [3.05, 3.63) is 35.9 Å². The Morgan fingerprint density at radius 3 is 1.77 bits per heavy atom. The summed E-state index contributed by atoms with van der Waals surface area (Å²) in [5.41, 5.74) is -9.36. The molecule has 1 aromatic rings. The Morgan fingerprint density at radius 1 is 0.723 bits per heavy atom. The molecule has 1 aliphatic heterocycles. The lowest BCUT2D eigenvalue weighted by Crippen LogP contribution is -2.88. The quantitative estimate of drug-likeness (QED) is 0.305. The van der Waals surface area contributed by atoms with Crippen LogP contribution in [0.3, 0.4) is 0 Å². The molecule has 2 saturated carbocycles. The Kier molecular flexibility index (Phi) is 9.32. The average molecular weight is 663 g/mol. The summed E-state index contributed by atoms with van der Waals surface area (Å²) in [4.78, 5) is 91.6. The molecule has 15 heteroatoms. The van der Waals surface area contributed by atoms with Gasteiger partial charge in [-0.05, 0) is 32.9 Å². The smallest absolute Gasteiger partial charge is 0.338 e. The van der Waals surface area contributed by atoms with Gasteiger partial charge < -0.3 is 38.3 Å². The van der Waals surface area contributed by atoms with Crippen LogP contribution in [-0.4, -0.2) is 101 Å². The van der Waals surface area contributed by atoms with Crippen LogP contribution in [0, 0.1) is 11.3 Å². The van der Waals surface area contributed by atoms with E-state index in [-0.39, 0.29) is 5.56 Å². The maximum atomic E-state index is 14.6. The van der Waals surface area contributed by atoms with E-state index in [1.54, 1.807) is 6.07 Å². The first-order valence-electron chi connectivity index (χ1n) is 14.8. The van der Waals surface area contributed by atoms with Crippen LogP contribution in [-0.2, 0) is 61.9 Å². The predicted octanol–water partition coefficient (Wildman–Crippen LogP) is 0.999. The van der Waals surface area contributed by atoms with Gasteiger partial charge in [0, 0.05) is 34.6 Å². The van der Waals surface area contributed by atoms with Crippen molar-refractivity contribution in [1.82, 2.24) is 0 Å². The molecule has 2 bridgehead atoms. The second-order valence-electron chi connectivity index (χ2n) is 12.6. The van der Waals surface area contributed by atoms with Crippen LogP contribution < -0.4 is 0 Å². The van der Waals surface area contributed by atoms with Crippen molar-refractivity contribution in [1.29, 1.82) is 0 Å². The summed E-state index contributed by atoms with van der Waals surface area (Å²) >= 11 is 0. The summed E-state index contributed by atoms with van der Waals surface area (Å²) in [6, 6.07) is 7.46. The number of carbonyl (C=O) groups is 7. The molecule has 1 spiro atoms. The minimum absolute atomic E-state index is 0.0274. The third kappa shape index (κ3) is 5.64. The molecule has 3 fully saturated rings. The fourth-order valence-corrected chi connectivity index (χ4v) is 7.56. The molecule has 47 heavy (non-hydrogen) atoms. The molecule has 0 unspecified atom stereocenters. The number of fused-ring (bicyclic) bond motifs is 1. The van der Waals surface area contributed by atoms with E-state index in [9.17, 15) is 38.7 Å². The number of Topliss-reactive ketones (excluding diaryl/α,β-unsaturated/α-hetero) is 1. The fourth-order valence-electron chi connectivity index (χ4n) is 7.56. The van der Waals surface area contributed by atoms with Crippen molar-refractivity contribution in [2.45, 2.75) is 103 Å². The van der Waals surface area contributed by atoms with Gasteiger partial charge in [-0.2, -0.15) is 0 Å². The van der Waals surface area contributed by atoms with E-state index >= 15 is 0 Å². The lowest BCUT2D eigenvalue weighted by Gasteiger charge is -2.66. The van der Waals surface area contributed by atoms with Gasteiger partial charge in [-0.25, -0.2) is 4.79 Å². The van der Waals surface area contributed by atoms with E-state index < -0.39 is 107 Å². The van der Waals surface area contributed by atoms with Gasteiger partial charge in [0.05, 0.1) is 17.1 Å². The molecule has 15 nitrogen and oxygen atoms in total. The van der Waals surface area contributed by atoms with E-state index in [1.807, 2.05) is 0 Å². The third-order valence-electron chi connectivity index (χ3n) is 8.94. The lowest BCUT2D eigenvalue weighted by molar-refractivity contribution is -0.373. The molecule has 4 rings (SSSR count). The zero-order valence-electron chi connectivity index (χ0n) is 27.2. The van der Waals surface area contributed by atoms with Gasteiger partial charge in [0.2, 0.25) is 0 Å². The first kappa shape index (κ1) is 35.5. The number of rotatable bonds is 8. The number of ketones is 1. The van der Waals surface area contributed by atoms with Crippen LogP contribution in [0.4, 0.5) is 0 Å². The zero-order chi connectivity index (χ0) is 35.3. The number of aliphatic hydroxyl groups is 1. The van der Waals surface area contributed by atoms with E-state index in [2.05, 4.69) is 0 Å². The van der Waals surface area contributed by atoms with Gasteiger partial charge in [-0.3, -0.25) is 28.8 Å². The van der Waals surface area contributed by atoms with Gasteiger partial charge in [0.15, 0.2) is 35.8 Å². The Morgan fingerprint density at radius 2 is 1.26 bits per heavy atom. The van der Waals surface area contributed by atoms with Crippen molar-refractivity contribution in [3.63, 3.8) is 0 Å². The molecule has 0 aromatic heterocycles. The number of esters is 6. The summed E-state index contributed by atoms with van der Waals surface area (Å²) in [6.07, 6.45) is -9.75. The van der Waals surface area contributed by atoms with Gasteiger partial charge >= 0.3 is 35.8 Å². The fraction of sp³-hybridized carbons (Fsp3) is 0.594. The van der Waals surface area contributed by atoms with Crippen molar-refractivity contribution in [3.8, 4) is 0 Å². The molecule has 1 N–H and O–H groups in total. The average Bonchev–Trinajstić information content (AvgIpc) is 3.15. The molecule has 9 atom stereocenters. The second-order valence-corrected chi connectivity index (χ2v) is 12.6. The molecule has 1 saturated heterocycles. The van der Waals surface area contributed by atoms with Crippen molar-refractivity contribution < 1.29 is 71.8 Å². The van der Waals surface area contributed by atoms with E-state index in [4.69, 9.17) is 33.2 Å². The number of carbonyl (C=O) groups excluding carboxylic acids is 7. The summed E-state index contributed by atoms with van der Waals surface area (Å²) in [6.45, 7) is 8.07. The van der Waals surface area contributed by atoms with Crippen LogP contribution in [0.5, 0.6) is 0 Å². The molecule has 0 radical (unpaired) electrons. The number of hydrogen-bond donors (Lipinski definition) is 1. The highest BCUT2D eigenvalue weighted by atomic mass is 16.7. The maximum Gasteiger partial charge on any atom is 0.338 e. The minimum Gasteiger partial charge on any atom is -0.465 e. The van der Waals surface area contributed by atoms with Crippen LogP contribution in [0.25, 0.3) is 0 Å². The SMILES string of the molecule is CC(=O)OC[C@]12[C@H](OC(C)=O)C(=O)[C@@H]3[C@@H](OC(C)=O)[C@]1(OC3(C)C)[C@](C)(O)[C@@H](OC(C)=O)[C@H](OC(C)=O)[C@@H]2OC(=O)c1ccccc1. The van der Waals surface area contributed by atoms with Crippen LogP contribution >= 0.6 is 0 Å². The standard InChI is InChI=1S/C32H38O15/c1-15(33)41-14-31-25(44-18(4)36)22(38)21-24(43-17(3)35)32(31,47-29(21,6)7)30(8,40)26(45-19(5)37)23(42-16(2)34)27(31)46-28(39)20-12-10-9-11-13-20/h9-13,21,23-27,40H,14H2,1-8H3/t21-,23+,24-,25-,26+,27+,30-,31-,32+/m1/s1. The van der Waals surface area contributed by atoms with E-state index in [0.717, 1.165) is 41.5 Å². The molecule has 256 valence electrons. The Labute approximate surface area is 270 Å². The number of benzene rings is 1. The maximum absolute atomic E-state index is 14.6. The first-order chi connectivity index (χ1) is 21.7. The summed E-state index contributed by atoms with van der Waals surface area (Å²) in [5, 5.41) is 12.8. The Balaban J connectivity index is 2.21. The highest BCUT2D eigenvalue weighted by Crippen LogP contribution is 2.68. The van der Waals surface area contributed by atoms with Crippen LogP contribution in [0.1, 0.15) is 65.7 Å². The highest BCUT2D eigenvalue weighted by Gasteiger charge is 2.91. The van der Waals surface area contributed by atoms with Crippen LogP contribution in [0.15, 0.2) is 30.3 Å². The van der Waals surface area contributed by atoms with Gasteiger partial charge in [0.1, 0.15) is 23.7 Å². The topological polar surface area (TPSA) is 204 Å². The van der Waals surface area contributed by atoms with Crippen molar-refractivity contribution in [2.24, 2.45) is 11.3 Å². The second kappa shape index (κ2) is 12.3. The minimum atomic E-state index is -2.64. The molecular formula is C32H38O15. The van der Waals surface area contributed by atoms with E-state index in [0.29, 0.717) is 0 Å². The number of ether oxygens (including phenoxy) is 7. The van der Waals surface area contributed by atoms with Crippen molar-refractivity contribution in [2.75, 3.05) is 6.61 Å². The molecule has 2 aliphatic carbocycles.